The van der Waals surface area contributed by atoms with Gasteiger partial charge in [-0.05, 0) is 67.1 Å². The van der Waals surface area contributed by atoms with E-state index in [0.29, 0.717) is 23.6 Å². The molecular formula is C32H35F4N3O. The molecule has 4 atom stereocenters. The maximum absolute atomic E-state index is 14.0. The van der Waals surface area contributed by atoms with E-state index in [9.17, 15) is 22.4 Å². The van der Waals surface area contributed by atoms with Gasteiger partial charge in [-0.3, -0.25) is 4.90 Å². The molecule has 40 heavy (non-hydrogen) atoms. The molecule has 3 aromatic carbocycles. The number of alkyl halides is 3. The van der Waals surface area contributed by atoms with Gasteiger partial charge >= 0.3 is 12.2 Å². The molecule has 0 saturated carbocycles. The first-order valence-electron chi connectivity index (χ1n) is 13.7. The topological polar surface area (TPSA) is 26.8 Å². The van der Waals surface area contributed by atoms with Crippen LogP contribution >= 0.6 is 0 Å². The second kappa shape index (κ2) is 11.2. The van der Waals surface area contributed by atoms with E-state index in [4.69, 9.17) is 0 Å². The second-order valence-electron chi connectivity index (χ2n) is 11.3. The summed E-state index contributed by atoms with van der Waals surface area (Å²) in [7, 11) is 1.65. The standard InChI is InChI=1S/C32H35F4N3O/c1-21-15-26(17-27(16-21)32(34,35)36)22(2)37(3)31(40)39-14-13-25-19-38(18-23-7-5-4-6-8-23)20-29(25)30(39)24-9-11-28(33)12-10-24/h4-12,15-17,22,25,29-30H,13-14,18-20H2,1-3H3/t22?,25-,29?,30+/m1/s1. The highest BCUT2D eigenvalue weighted by molar-refractivity contribution is 5.75. The zero-order chi connectivity index (χ0) is 28.6. The van der Waals surface area contributed by atoms with Crippen LogP contribution < -0.4 is 0 Å². The van der Waals surface area contributed by atoms with E-state index in [2.05, 4.69) is 17.0 Å². The Balaban J connectivity index is 1.41. The van der Waals surface area contributed by atoms with Crippen molar-refractivity contribution in [1.82, 2.24) is 14.7 Å². The number of carbonyl (C=O) groups is 1. The zero-order valence-electron chi connectivity index (χ0n) is 23.0. The van der Waals surface area contributed by atoms with E-state index < -0.39 is 17.8 Å². The Morgan fingerprint density at radius 3 is 2.40 bits per heavy atom. The fourth-order valence-corrected chi connectivity index (χ4v) is 6.41. The Kier molecular flexibility index (Phi) is 7.91. The van der Waals surface area contributed by atoms with Crippen LogP contribution in [0.5, 0.6) is 0 Å². The number of halogens is 4. The number of likely N-dealkylation sites (tertiary alicyclic amines) is 2. The summed E-state index contributed by atoms with van der Waals surface area (Å²) in [5.74, 6) is 0.208. The molecule has 4 nitrogen and oxygen atoms in total. The van der Waals surface area contributed by atoms with Crippen LogP contribution in [0.15, 0.2) is 72.8 Å². The number of amides is 2. The zero-order valence-corrected chi connectivity index (χ0v) is 23.0. The van der Waals surface area contributed by atoms with E-state index in [1.807, 2.05) is 23.1 Å². The van der Waals surface area contributed by atoms with Crippen LogP contribution in [0.25, 0.3) is 0 Å². The van der Waals surface area contributed by atoms with Crippen molar-refractivity contribution in [2.24, 2.45) is 11.8 Å². The molecule has 0 N–H and O–H groups in total. The van der Waals surface area contributed by atoms with Crippen LogP contribution in [0.3, 0.4) is 0 Å². The van der Waals surface area contributed by atoms with Gasteiger partial charge in [-0.1, -0.05) is 54.1 Å². The molecule has 0 bridgehead atoms. The molecule has 3 aromatic rings. The lowest BCUT2D eigenvalue weighted by Crippen LogP contribution is -2.50. The highest BCUT2D eigenvalue weighted by atomic mass is 19.4. The average molecular weight is 554 g/mol. The molecule has 5 rings (SSSR count). The summed E-state index contributed by atoms with van der Waals surface area (Å²) in [5.41, 5.74) is 2.32. The molecule has 2 aliphatic rings. The molecule has 2 fully saturated rings. The Morgan fingerprint density at radius 2 is 1.73 bits per heavy atom. The van der Waals surface area contributed by atoms with Crippen molar-refractivity contribution in [2.75, 3.05) is 26.7 Å². The minimum absolute atomic E-state index is 0.159. The predicted molar refractivity (Wildman–Crippen MR) is 147 cm³/mol. The number of aryl methyl sites for hydroxylation is 1. The highest BCUT2D eigenvalue weighted by Crippen LogP contribution is 2.45. The lowest BCUT2D eigenvalue weighted by molar-refractivity contribution is -0.137. The van der Waals surface area contributed by atoms with Gasteiger partial charge in [-0.25, -0.2) is 9.18 Å². The van der Waals surface area contributed by atoms with Gasteiger partial charge in [0.1, 0.15) is 5.82 Å². The number of hydrogen-bond donors (Lipinski definition) is 0. The number of benzene rings is 3. The molecular weight excluding hydrogens is 518 g/mol. The van der Waals surface area contributed by atoms with E-state index in [1.165, 1.54) is 22.6 Å². The molecule has 0 radical (unpaired) electrons. The van der Waals surface area contributed by atoms with Crippen molar-refractivity contribution >= 4 is 6.03 Å². The molecule has 0 aromatic heterocycles. The fraction of sp³-hybridized carbons (Fsp3) is 0.406. The van der Waals surface area contributed by atoms with E-state index >= 15 is 0 Å². The van der Waals surface area contributed by atoms with Crippen LogP contribution in [0, 0.1) is 24.6 Å². The molecule has 2 unspecified atom stereocenters. The first kappa shape index (κ1) is 28.1. The summed E-state index contributed by atoms with van der Waals surface area (Å²) in [5, 5.41) is 0. The summed E-state index contributed by atoms with van der Waals surface area (Å²) in [6.45, 7) is 6.46. The average Bonchev–Trinajstić information content (AvgIpc) is 3.34. The number of rotatable bonds is 5. The van der Waals surface area contributed by atoms with Gasteiger partial charge < -0.3 is 9.80 Å². The van der Waals surface area contributed by atoms with Crippen molar-refractivity contribution in [3.05, 3.63) is 106 Å². The number of piperidine rings is 1. The van der Waals surface area contributed by atoms with Gasteiger partial charge in [-0.15, -0.1) is 0 Å². The first-order chi connectivity index (χ1) is 19.0. The van der Waals surface area contributed by atoms with Gasteiger partial charge in [-0.2, -0.15) is 13.2 Å². The quantitative estimate of drug-likeness (QED) is 0.307. The smallest absolute Gasteiger partial charge is 0.321 e. The van der Waals surface area contributed by atoms with E-state index in [1.54, 1.807) is 39.1 Å². The van der Waals surface area contributed by atoms with Crippen LogP contribution in [0.4, 0.5) is 22.4 Å². The highest BCUT2D eigenvalue weighted by Gasteiger charge is 2.46. The number of urea groups is 1. The van der Waals surface area contributed by atoms with Crippen molar-refractivity contribution in [1.29, 1.82) is 0 Å². The minimum Gasteiger partial charge on any atom is -0.321 e. The van der Waals surface area contributed by atoms with Crippen molar-refractivity contribution in [3.63, 3.8) is 0 Å². The maximum Gasteiger partial charge on any atom is 0.416 e. The molecule has 2 aliphatic heterocycles. The van der Waals surface area contributed by atoms with Crippen LogP contribution in [0.1, 0.15) is 53.2 Å². The lowest BCUT2D eigenvalue weighted by atomic mass is 9.79. The first-order valence-corrected chi connectivity index (χ1v) is 13.7. The molecule has 2 heterocycles. The monoisotopic (exact) mass is 553 g/mol. The second-order valence-corrected chi connectivity index (χ2v) is 11.3. The molecule has 0 aliphatic carbocycles. The van der Waals surface area contributed by atoms with Crippen LogP contribution in [0.2, 0.25) is 0 Å². The summed E-state index contributed by atoms with van der Waals surface area (Å²) in [4.78, 5) is 19.8. The fourth-order valence-electron chi connectivity index (χ4n) is 6.41. The number of carbonyl (C=O) groups excluding carboxylic acids is 1. The number of nitrogens with zero attached hydrogens (tertiary/aromatic N) is 3. The van der Waals surface area contributed by atoms with Gasteiger partial charge in [0.15, 0.2) is 0 Å². The SMILES string of the molecule is Cc1cc(C(C)N(C)C(=O)N2CC[C@@H]3CN(Cc4ccccc4)CC3[C@@H]2c2ccc(F)cc2)cc(C(F)(F)F)c1. The third-order valence-electron chi connectivity index (χ3n) is 8.55. The normalized spacial score (nSPS) is 22.2. The molecule has 212 valence electrons. The third kappa shape index (κ3) is 5.87. The Morgan fingerprint density at radius 1 is 1.02 bits per heavy atom. The maximum atomic E-state index is 14.0. The number of hydrogen-bond acceptors (Lipinski definition) is 2. The summed E-state index contributed by atoms with van der Waals surface area (Å²) >= 11 is 0. The largest absolute Gasteiger partial charge is 0.416 e. The molecule has 2 saturated heterocycles. The molecule has 8 heteroatoms. The lowest BCUT2D eigenvalue weighted by Gasteiger charge is -2.45. The molecule has 2 amide bonds. The third-order valence-corrected chi connectivity index (χ3v) is 8.55. The Hall–Kier alpha value is -3.39. The van der Waals surface area contributed by atoms with Gasteiger partial charge in [0.05, 0.1) is 17.6 Å². The Labute approximate surface area is 233 Å². The summed E-state index contributed by atoms with van der Waals surface area (Å²) in [6.07, 6.45) is -3.63. The van der Waals surface area contributed by atoms with Crippen LogP contribution in [-0.2, 0) is 12.7 Å². The van der Waals surface area contributed by atoms with Crippen LogP contribution in [-0.4, -0.2) is 47.4 Å². The van der Waals surface area contributed by atoms with Gasteiger partial charge in [0, 0.05) is 39.1 Å². The minimum atomic E-state index is -4.47. The Bertz CT molecular complexity index is 1330. The summed E-state index contributed by atoms with van der Waals surface area (Å²) in [6, 6.07) is 19.5. The van der Waals surface area contributed by atoms with Crippen molar-refractivity contribution in [2.45, 2.75) is 45.1 Å². The predicted octanol–water partition coefficient (Wildman–Crippen LogP) is 7.46. The summed E-state index contributed by atoms with van der Waals surface area (Å²) < 4.78 is 54.4. The molecule has 0 spiro atoms. The van der Waals surface area contributed by atoms with Crippen molar-refractivity contribution in [3.8, 4) is 0 Å². The van der Waals surface area contributed by atoms with E-state index in [0.717, 1.165) is 43.8 Å². The van der Waals surface area contributed by atoms with Gasteiger partial charge in [0.2, 0.25) is 0 Å². The van der Waals surface area contributed by atoms with Crippen molar-refractivity contribution < 1.29 is 22.4 Å². The number of fused-ring (bicyclic) bond motifs is 1. The van der Waals surface area contributed by atoms with Gasteiger partial charge in [0.25, 0.3) is 0 Å². The van der Waals surface area contributed by atoms with E-state index in [-0.39, 0.29) is 23.8 Å².